The lowest BCUT2D eigenvalue weighted by molar-refractivity contribution is 0.0690. The molecule has 0 atom stereocenters. The second kappa shape index (κ2) is 5.54. The van der Waals surface area contributed by atoms with Crippen molar-refractivity contribution in [2.24, 2.45) is 0 Å². The minimum absolute atomic E-state index is 0.0384. The second-order valence-corrected chi connectivity index (χ2v) is 4.42. The molecule has 0 spiro atoms. The fourth-order valence-corrected chi connectivity index (χ4v) is 2.05. The highest BCUT2D eigenvalue weighted by Crippen LogP contribution is 2.16. The van der Waals surface area contributed by atoms with Gasteiger partial charge in [0.2, 0.25) is 5.95 Å². The monoisotopic (exact) mass is 280 g/mol. The number of aromatic nitrogens is 3. The fraction of sp³-hybridized carbons (Fsp3) is 0.0667. The van der Waals surface area contributed by atoms with Gasteiger partial charge in [-0.25, -0.2) is 14.8 Å². The van der Waals surface area contributed by atoms with Gasteiger partial charge in [-0.05, 0) is 17.7 Å². The maximum absolute atomic E-state index is 10.9. The summed E-state index contributed by atoms with van der Waals surface area (Å²) < 4.78 is 0. The van der Waals surface area contributed by atoms with Gasteiger partial charge in [0.15, 0.2) is 5.69 Å². The van der Waals surface area contributed by atoms with E-state index in [1.54, 1.807) is 6.20 Å². The lowest BCUT2D eigenvalue weighted by Gasteiger charge is -2.07. The molecule has 0 aliphatic rings. The van der Waals surface area contributed by atoms with E-state index in [9.17, 15) is 4.79 Å². The number of para-hydroxylation sites is 1. The fourth-order valence-electron chi connectivity index (χ4n) is 2.05. The molecule has 2 aromatic heterocycles. The first-order valence-corrected chi connectivity index (χ1v) is 6.37. The largest absolute Gasteiger partial charge is 0.477 e. The van der Waals surface area contributed by atoms with E-state index in [1.807, 2.05) is 30.3 Å². The van der Waals surface area contributed by atoms with Crippen molar-refractivity contribution in [3.8, 4) is 0 Å². The van der Waals surface area contributed by atoms with E-state index in [4.69, 9.17) is 5.11 Å². The Kier molecular flexibility index (Phi) is 3.42. The summed E-state index contributed by atoms with van der Waals surface area (Å²) in [6, 6.07) is 11.1. The Morgan fingerprint density at radius 1 is 1.10 bits per heavy atom. The number of carbonyl (C=O) groups is 1. The van der Waals surface area contributed by atoms with Crippen molar-refractivity contribution in [3.05, 3.63) is 60.0 Å². The van der Waals surface area contributed by atoms with Crippen LogP contribution in [0.25, 0.3) is 10.9 Å². The molecule has 0 saturated carbocycles. The van der Waals surface area contributed by atoms with Crippen LogP contribution < -0.4 is 5.32 Å². The number of carboxylic acid groups (broad SMARTS) is 1. The summed E-state index contributed by atoms with van der Waals surface area (Å²) in [5.74, 6) is -0.796. The molecule has 6 nitrogen and oxygen atoms in total. The van der Waals surface area contributed by atoms with Crippen LogP contribution in [0.15, 0.2) is 48.8 Å². The second-order valence-electron chi connectivity index (χ2n) is 4.42. The van der Waals surface area contributed by atoms with E-state index in [-0.39, 0.29) is 11.6 Å². The van der Waals surface area contributed by atoms with Crippen LogP contribution >= 0.6 is 0 Å². The highest BCUT2D eigenvalue weighted by atomic mass is 16.4. The zero-order valence-corrected chi connectivity index (χ0v) is 11.0. The molecule has 2 N–H and O–H groups in total. The number of anilines is 1. The Bertz CT molecular complexity index is 799. The van der Waals surface area contributed by atoms with Crippen LogP contribution in [0.3, 0.4) is 0 Å². The number of pyridine rings is 1. The van der Waals surface area contributed by atoms with Crippen LogP contribution in [0.5, 0.6) is 0 Å². The Balaban J connectivity index is 1.84. The lowest BCUT2D eigenvalue weighted by Crippen LogP contribution is -2.08. The topological polar surface area (TPSA) is 88.0 Å². The van der Waals surface area contributed by atoms with Crippen molar-refractivity contribution in [2.45, 2.75) is 6.54 Å². The number of nitrogens with one attached hydrogen (secondary N) is 1. The summed E-state index contributed by atoms with van der Waals surface area (Å²) in [6.45, 7) is 0.470. The predicted octanol–water partition coefficient (Wildman–Crippen LogP) is 2.34. The summed E-state index contributed by atoms with van der Waals surface area (Å²) >= 11 is 0. The average molecular weight is 280 g/mol. The SMILES string of the molecule is O=C(O)c1ccnc(NCc2cccc3cccnc23)n1. The van der Waals surface area contributed by atoms with Crippen LogP contribution in [-0.4, -0.2) is 26.0 Å². The van der Waals surface area contributed by atoms with Gasteiger partial charge in [0.05, 0.1) is 5.52 Å². The Morgan fingerprint density at radius 2 is 1.95 bits per heavy atom. The Morgan fingerprint density at radius 3 is 2.81 bits per heavy atom. The van der Waals surface area contributed by atoms with Crippen LogP contribution in [0.2, 0.25) is 0 Å². The van der Waals surface area contributed by atoms with Crippen molar-refractivity contribution >= 4 is 22.8 Å². The Hall–Kier alpha value is -3.02. The van der Waals surface area contributed by atoms with Gasteiger partial charge in [-0.2, -0.15) is 0 Å². The molecule has 0 aliphatic carbocycles. The van der Waals surface area contributed by atoms with Crippen LogP contribution in [0, 0.1) is 0 Å². The molecule has 6 heteroatoms. The highest BCUT2D eigenvalue weighted by Gasteiger charge is 2.07. The van der Waals surface area contributed by atoms with E-state index in [0.29, 0.717) is 6.54 Å². The van der Waals surface area contributed by atoms with Gasteiger partial charge in [-0.3, -0.25) is 4.98 Å². The number of fused-ring (bicyclic) bond motifs is 1. The number of hydrogen-bond donors (Lipinski definition) is 2. The number of carboxylic acids is 1. The summed E-state index contributed by atoms with van der Waals surface area (Å²) in [7, 11) is 0. The van der Waals surface area contributed by atoms with E-state index >= 15 is 0 Å². The quantitative estimate of drug-likeness (QED) is 0.762. The number of benzene rings is 1. The third kappa shape index (κ3) is 2.79. The summed E-state index contributed by atoms with van der Waals surface area (Å²) in [6.07, 6.45) is 3.16. The van der Waals surface area contributed by atoms with Gasteiger partial charge in [0.1, 0.15) is 0 Å². The van der Waals surface area contributed by atoms with Gasteiger partial charge in [0, 0.05) is 24.3 Å². The Labute approximate surface area is 120 Å². The molecule has 3 aromatic rings. The number of nitrogens with zero attached hydrogens (tertiary/aromatic N) is 3. The van der Waals surface area contributed by atoms with Gasteiger partial charge in [0.25, 0.3) is 0 Å². The van der Waals surface area contributed by atoms with Crippen LogP contribution in [0.4, 0.5) is 5.95 Å². The standard InChI is InChI=1S/C15H12N4O2/c20-14(21)12-6-8-17-15(19-12)18-9-11-4-1-3-10-5-2-7-16-13(10)11/h1-8H,9H2,(H,20,21)(H,17,18,19). The molecule has 0 radical (unpaired) electrons. The van der Waals surface area contributed by atoms with Gasteiger partial charge in [-0.15, -0.1) is 0 Å². The van der Waals surface area contributed by atoms with E-state index in [0.717, 1.165) is 16.5 Å². The van der Waals surface area contributed by atoms with E-state index in [2.05, 4.69) is 20.3 Å². The zero-order chi connectivity index (χ0) is 14.7. The lowest BCUT2D eigenvalue weighted by atomic mass is 10.1. The van der Waals surface area contributed by atoms with Crippen molar-refractivity contribution in [3.63, 3.8) is 0 Å². The third-order valence-electron chi connectivity index (χ3n) is 3.03. The molecule has 0 unspecified atom stereocenters. The van der Waals surface area contributed by atoms with Crippen LogP contribution in [-0.2, 0) is 6.54 Å². The van der Waals surface area contributed by atoms with Gasteiger partial charge in [-0.1, -0.05) is 24.3 Å². The zero-order valence-electron chi connectivity index (χ0n) is 11.0. The molecular weight excluding hydrogens is 268 g/mol. The predicted molar refractivity (Wildman–Crippen MR) is 78.1 cm³/mol. The maximum atomic E-state index is 10.9. The normalized spacial score (nSPS) is 10.5. The molecule has 0 fully saturated rings. The van der Waals surface area contributed by atoms with E-state index in [1.165, 1.54) is 12.3 Å². The van der Waals surface area contributed by atoms with E-state index < -0.39 is 5.97 Å². The average Bonchev–Trinajstić information content (AvgIpc) is 2.53. The van der Waals surface area contributed by atoms with Crippen molar-refractivity contribution < 1.29 is 9.90 Å². The number of rotatable bonds is 4. The summed E-state index contributed by atoms with van der Waals surface area (Å²) in [5.41, 5.74) is 1.86. The van der Waals surface area contributed by atoms with Crippen LogP contribution in [0.1, 0.15) is 16.1 Å². The van der Waals surface area contributed by atoms with Crippen molar-refractivity contribution in [1.29, 1.82) is 0 Å². The molecule has 0 amide bonds. The van der Waals surface area contributed by atoms with Gasteiger partial charge >= 0.3 is 5.97 Å². The first-order valence-electron chi connectivity index (χ1n) is 6.37. The minimum Gasteiger partial charge on any atom is -0.477 e. The van der Waals surface area contributed by atoms with Crippen molar-refractivity contribution in [1.82, 2.24) is 15.0 Å². The molecule has 2 heterocycles. The molecule has 0 aliphatic heterocycles. The maximum Gasteiger partial charge on any atom is 0.354 e. The molecule has 3 rings (SSSR count). The molecule has 21 heavy (non-hydrogen) atoms. The first-order chi connectivity index (χ1) is 10.2. The summed E-state index contributed by atoms with van der Waals surface area (Å²) in [5, 5.41) is 13.0. The molecule has 0 saturated heterocycles. The number of hydrogen-bond acceptors (Lipinski definition) is 5. The van der Waals surface area contributed by atoms with Crippen molar-refractivity contribution in [2.75, 3.05) is 5.32 Å². The molecule has 104 valence electrons. The molecule has 0 bridgehead atoms. The smallest absolute Gasteiger partial charge is 0.354 e. The summed E-state index contributed by atoms with van der Waals surface area (Å²) in [4.78, 5) is 23.2. The molecular formula is C15H12N4O2. The highest BCUT2D eigenvalue weighted by molar-refractivity contribution is 5.85. The van der Waals surface area contributed by atoms with Gasteiger partial charge < -0.3 is 10.4 Å². The minimum atomic E-state index is -1.08. The third-order valence-corrected chi connectivity index (χ3v) is 3.03. The number of aromatic carboxylic acids is 1. The first kappa shape index (κ1) is 13.0. The molecule has 1 aromatic carbocycles.